The van der Waals surface area contributed by atoms with Crippen molar-refractivity contribution < 1.29 is 9.90 Å². The number of carboxylic acid groups (broad SMARTS) is 1. The van der Waals surface area contributed by atoms with Crippen LogP contribution < -0.4 is 5.32 Å². The molecule has 15 heavy (non-hydrogen) atoms. The normalized spacial score (nSPS) is 14.5. The van der Waals surface area contributed by atoms with Crippen molar-refractivity contribution in [1.29, 1.82) is 0 Å². The van der Waals surface area contributed by atoms with Crippen LogP contribution in [0.2, 0.25) is 0 Å². The van der Waals surface area contributed by atoms with Crippen molar-refractivity contribution in [1.82, 2.24) is 10.3 Å². The molecule has 0 aliphatic carbocycles. The molecule has 82 valence electrons. The summed E-state index contributed by atoms with van der Waals surface area (Å²) in [6, 6.07) is 4.81. The molecule has 1 aromatic heterocycles. The van der Waals surface area contributed by atoms with Crippen molar-refractivity contribution >= 4 is 18.6 Å². The highest BCUT2D eigenvalue weighted by molar-refractivity contribution is 7.80. The van der Waals surface area contributed by atoms with Crippen LogP contribution in [0.15, 0.2) is 24.4 Å². The first kappa shape index (κ1) is 12.0. The lowest BCUT2D eigenvalue weighted by atomic mass is 10.2. The summed E-state index contributed by atoms with van der Waals surface area (Å²) in [6.07, 6.45) is 1.68. The van der Waals surface area contributed by atoms with Gasteiger partial charge in [-0.05, 0) is 19.1 Å². The number of pyridine rings is 1. The predicted octanol–water partition coefficient (Wildman–Crippen LogP) is 1.12. The maximum absolute atomic E-state index is 10.8. The van der Waals surface area contributed by atoms with Crippen molar-refractivity contribution in [3.63, 3.8) is 0 Å². The molecule has 0 bridgehead atoms. The minimum atomic E-state index is -0.896. The van der Waals surface area contributed by atoms with Crippen LogP contribution in [0.1, 0.15) is 18.7 Å². The van der Waals surface area contributed by atoms with Crippen molar-refractivity contribution in [2.24, 2.45) is 0 Å². The first-order valence-corrected chi connectivity index (χ1v) is 5.29. The van der Waals surface area contributed by atoms with Crippen molar-refractivity contribution in [3.8, 4) is 0 Å². The average Bonchev–Trinajstić information content (AvgIpc) is 2.26. The van der Waals surface area contributed by atoms with Gasteiger partial charge in [-0.25, -0.2) is 0 Å². The number of hydrogen-bond donors (Lipinski definition) is 3. The summed E-state index contributed by atoms with van der Waals surface area (Å²) in [6.45, 7) is 1.88. The molecule has 0 saturated heterocycles. The highest BCUT2D eigenvalue weighted by atomic mass is 32.1. The van der Waals surface area contributed by atoms with Gasteiger partial charge in [0.05, 0.1) is 5.69 Å². The second kappa shape index (κ2) is 5.72. The first-order valence-electron chi connectivity index (χ1n) is 4.65. The zero-order valence-corrected chi connectivity index (χ0v) is 9.32. The minimum Gasteiger partial charge on any atom is -0.480 e. The summed E-state index contributed by atoms with van der Waals surface area (Å²) in [4.78, 5) is 14.9. The summed E-state index contributed by atoms with van der Waals surface area (Å²) in [5.41, 5.74) is 0.825. The highest BCUT2D eigenvalue weighted by Gasteiger charge is 2.18. The molecule has 0 aromatic carbocycles. The molecule has 5 heteroatoms. The number of carboxylic acids is 1. The number of rotatable bonds is 5. The smallest absolute Gasteiger partial charge is 0.321 e. The van der Waals surface area contributed by atoms with E-state index >= 15 is 0 Å². The number of aromatic nitrogens is 1. The summed E-state index contributed by atoms with van der Waals surface area (Å²) in [5.74, 6) is -0.639. The molecule has 0 fully saturated rings. The molecule has 0 aliphatic heterocycles. The zero-order valence-electron chi connectivity index (χ0n) is 8.42. The predicted molar refractivity (Wildman–Crippen MR) is 61.1 cm³/mol. The Balaban J connectivity index is 2.62. The Hall–Kier alpha value is -1.07. The van der Waals surface area contributed by atoms with E-state index in [1.807, 2.05) is 25.1 Å². The third kappa shape index (κ3) is 3.53. The van der Waals surface area contributed by atoms with Crippen LogP contribution in [0.25, 0.3) is 0 Å². The van der Waals surface area contributed by atoms with E-state index in [1.165, 1.54) is 0 Å². The SMILES string of the molecule is CC(NC(CS)C(=O)O)c1ccccn1. The second-order valence-corrected chi connectivity index (χ2v) is 3.58. The van der Waals surface area contributed by atoms with E-state index in [0.29, 0.717) is 0 Å². The Bertz CT molecular complexity index is 318. The Morgan fingerprint density at radius 2 is 2.40 bits per heavy atom. The van der Waals surface area contributed by atoms with Gasteiger partial charge in [0.25, 0.3) is 0 Å². The molecule has 1 aromatic rings. The van der Waals surface area contributed by atoms with Gasteiger partial charge >= 0.3 is 5.97 Å². The average molecular weight is 226 g/mol. The molecule has 4 nitrogen and oxygen atoms in total. The van der Waals surface area contributed by atoms with Gasteiger partial charge in [0.15, 0.2) is 0 Å². The van der Waals surface area contributed by atoms with Gasteiger partial charge in [0.1, 0.15) is 6.04 Å². The standard InChI is InChI=1S/C10H14N2O2S/c1-7(8-4-2-3-5-11-8)12-9(6-15)10(13)14/h2-5,7,9,12,15H,6H2,1H3,(H,13,14). The molecule has 0 saturated carbocycles. The van der Waals surface area contributed by atoms with E-state index in [2.05, 4.69) is 22.9 Å². The molecular formula is C10H14N2O2S. The number of nitrogens with one attached hydrogen (secondary N) is 1. The Morgan fingerprint density at radius 1 is 1.67 bits per heavy atom. The fourth-order valence-corrected chi connectivity index (χ4v) is 1.48. The van der Waals surface area contributed by atoms with E-state index in [4.69, 9.17) is 5.11 Å². The van der Waals surface area contributed by atoms with Crippen LogP contribution in [0, 0.1) is 0 Å². The Morgan fingerprint density at radius 3 is 2.87 bits per heavy atom. The maximum atomic E-state index is 10.8. The number of hydrogen-bond acceptors (Lipinski definition) is 4. The summed E-state index contributed by atoms with van der Waals surface area (Å²) < 4.78 is 0. The number of nitrogens with zero attached hydrogens (tertiary/aromatic N) is 1. The summed E-state index contributed by atoms with van der Waals surface area (Å²) in [7, 11) is 0. The van der Waals surface area contributed by atoms with Gasteiger partial charge in [0.2, 0.25) is 0 Å². The molecule has 2 unspecified atom stereocenters. The highest BCUT2D eigenvalue weighted by Crippen LogP contribution is 2.09. The summed E-state index contributed by atoms with van der Waals surface area (Å²) in [5, 5.41) is 11.8. The molecule has 0 amide bonds. The van der Waals surface area contributed by atoms with Crippen LogP contribution in [-0.4, -0.2) is 27.9 Å². The monoisotopic (exact) mass is 226 g/mol. The molecule has 1 heterocycles. The van der Waals surface area contributed by atoms with Crippen LogP contribution in [0.4, 0.5) is 0 Å². The fourth-order valence-electron chi connectivity index (χ4n) is 1.22. The van der Waals surface area contributed by atoms with Crippen LogP contribution in [-0.2, 0) is 4.79 Å². The number of aliphatic carboxylic acids is 1. The third-order valence-corrected chi connectivity index (χ3v) is 2.43. The fraction of sp³-hybridized carbons (Fsp3) is 0.400. The lowest BCUT2D eigenvalue weighted by molar-refractivity contribution is -0.139. The van der Waals surface area contributed by atoms with Gasteiger partial charge in [0, 0.05) is 18.0 Å². The second-order valence-electron chi connectivity index (χ2n) is 3.22. The lowest BCUT2D eigenvalue weighted by Gasteiger charge is -2.17. The quantitative estimate of drug-likeness (QED) is 0.658. The first-order chi connectivity index (χ1) is 7.15. The molecule has 2 atom stereocenters. The van der Waals surface area contributed by atoms with Crippen LogP contribution in [0.5, 0.6) is 0 Å². The molecule has 0 radical (unpaired) electrons. The van der Waals surface area contributed by atoms with Crippen LogP contribution >= 0.6 is 12.6 Å². The zero-order chi connectivity index (χ0) is 11.3. The molecular weight excluding hydrogens is 212 g/mol. The van der Waals surface area contributed by atoms with Gasteiger partial charge in [-0.1, -0.05) is 6.07 Å². The van der Waals surface area contributed by atoms with Gasteiger partial charge in [-0.15, -0.1) is 0 Å². The third-order valence-electron chi connectivity index (χ3n) is 2.06. The summed E-state index contributed by atoms with van der Waals surface area (Å²) >= 11 is 3.98. The van der Waals surface area contributed by atoms with E-state index in [0.717, 1.165) is 5.69 Å². The van der Waals surface area contributed by atoms with Crippen molar-refractivity contribution in [3.05, 3.63) is 30.1 Å². The number of carbonyl (C=O) groups is 1. The van der Waals surface area contributed by atoms with Gasteiger partial charge in [-0.3, -0.25) is 15.1 Å². The molecule has 1 rings (SSSR count). The minimum absolute atomic E-state index is 0.0977. The molecule has 0 spiro atoms. The van der Waals surface area contributed by atoms with Crippen molar-refractivity contribution in [2.75, 3.05) is 5.75 Å². The molecule has 2 N–H and O–H groups in total. The Labute approximate surface area is 94.1 Å². The van der Waals surface area contributed by atoms with Crippen molar-refractivity contribution in [2.45, 2.75) is 19.0 Å². The maximum Gasteiger partial charge on any atom is 0.321 e. The van der Waals surface area contributed by atoms with Gasteiger partial charge in [-0.2, -0.15) is 12.6 Å². The molecule has 0 aliphatic rings. The largest absolute Gasteiger partial charge is 0.480 e. The Kier molecular flexibility index (Phi) is 4.58. The van der Waals surface area contributed by atoms with E-state index in [9.17, 15) is 4.79 Å². The number of thiol groups is 1. The lowest BCUT2D eigenvalue weighted by Crippen LogP contribution is -2.39. The van der Waals surface area contributed by atoms with Crippen LogP contribution in [0.3, 0.4) is 0 Å². The van der Waals surface area contributed by atoms with E-state index in [-0.39, 0.29) is 11.8 Å². The van der Waals surface area contributed by atoms with E-state index in [1.54, 1.807) is 6.20 Å². The topological polar surface area (TPSA) is 62.2 Å². The van der Waals surface area contributed by atoms with Gasteiger partial charge < -0.3 is 5.11 Å². The van der Waals surface area contributed by atoms with E-state index < -0.39 is 12.0 Å².